The Balaban J connectivity index is 1.66. The molecule has 3 aromatic rings. The zero-order valence-corrected chi connectivity index (χ0v) is 21.7. The monoisotopic (exact) mass is 509 g/mol. The molecule has 0 atom stereocenters. The van der Waals surface area contributed by atoms with Crippen LogP contribution in [0.1, 0.15) is 31.0 Å². The predicted octanol–water partition coefficient (Wildman–Crippen LogP) is 5.08. The third kappa shape index (κ3) is 4.78. The van der Waals surface area contributed by atoms with E-state index >= 15 is 0 Å². The number of rotatable bonds is 8. The Morgan fingerprint density at radius 1 is 1.09 bits per heavy atom. The van der Waals surface area contributed by atoms with E-state index in [1.807, 2.05) is 48.5 Å². The average Bonchev–Trinajstić information content (AvgIpc) is 3.25. The third-order valence-electron chi connectivity index (χ3n) is 5.78. The highest BCUT2D eigenvalue weighted by Crippen LogP contribution is 2.37. The zero-order valence-electron chi connectivity index (χ0n) is 20.1. The van der Waals surface area contributed by atoms with Crippen molar-refractivity contribution < 1.29 is 14.3 Å². The maximum atomic E-state index is 13.4. The first-order valence-electron chi connectivity index (χ1n) is 11.3. The fourth-order valence-corrected chi connectivity index (χ4v) is 5.11. The summed E-state index contributed by atoms with van der Waals surface area (Å²) in [6.45, 7) is 4.52. The number of nitrogens with zero attached hydrogens (tertiary/aromatic N) is 3. The number of thioether (sulfide) groups is 1. The first-order valence-corrected chi connectivity index (χ1v) is 12.5. The van der Waals surface area contributed by atoms with Crippen molar-refractivity contribution in [1.29, 1.82) is 0 Å². The first kappa shape index (κ1) is 24.8. The molecule has 2 heterocycles. The largest absolute Gasteiger partial charge is 0.493 e. The number of hydrogen-bond donors (Lipinski definition) is 0. The summed E-state index contributed by atoms with van der Waals surface area (Å²) in [5.74, 6) is 0.926. The Labute approximate surface area is 213 Å². The summed E-state index contributed by atoms with van der Waals surface area (Å²) in [5, 5.41) is 0. The van der Waals surface area contributed by atoms with Crippen molar-refractivity contribution in [2.75, 3.05) is 18.6 Å². The highest BCUT2D eigenvalue weighted by atomic mass is 32.2. The molecule has 0 N–H and O–H groups in total. The summed E-state index contributed by atoms with van der Waals surface area (Å²) >= 11 is 6.71. The number of thiocarbonyl (C=S) groups is 1. The number of para-hydroxylation sites is 1. The van der Waals surface area contributed by atoms with Crippen molar-refractivity contribution in [2.45, 2.75) is 26.7 Å². The minimum Gasteiger partial charge on any atom is -0.493 e. The summed E-state index contributed by atoms with van der Waals surface area (Å²) in [7, 11) is 3.37. The van der Waals surface area contributed by atoms with E-state index in [1.165, 1.54) is 21.3 Å². The van der Waals surface area contributed by atoms with Gasteiger partial charge in [0, 0.05) is 7.05 Å². The van der Waals surface area contributed by atoms with E-state index in [0.717, 1.165) is 18.4 Å². The van der Waals surface area contributed by atoms with Crippen LogP contribution in [0.2, 0.25) is 0 Å². The lowest BCUT2D eigenvalue weighted by Crippen LogP contribution is -2.33. The van der Waals surface area contributed by atoms with Gasteiger partial charge in [-0.15, -0.1) is 0 Å². The summed E-state index contributed by atoms with van der Waals surface area (Å²) in [5.41, 5.74) is 2.09. The van der Waals surface area contributed by atoms with Crippen LogP contribution in [0.5, 0.6) is 11.5 Å². The second-order valence-corrected chi connectivity index (χ2v) is 9.72. The van der Waals surface area contributed by atoms with Crippen LogP contribution < -0.4 is 19.9 Å². The Bertz CT molecular complexity index is 1360. The van der Waals surface area contributed by atoms with Crippen LogP contribution in [-0.4, -0.2) is 33.3 Å². The van der Waals surface area contributed by atoms with Crippen molar-refractivity contribution in [2.24, 2.45) is 7.05 Å². The van der Waals surface area contributed by atoms with Gasteiger partial charge < -0.3 is 9.47 Å². The molecule has 0 unspecified atom stereocenters. The van der Waals surface area contributed by atoms with Gasteiger partial charge in [-0.05, 0) is 49.2 Å². The van der Waals surface area contributed by atoms with E-state index < -0.39 is 0 Å². The molecule has 1 aliphatic rings. The van der Waals surface area contributed by atoms with Gasteiger partial charge in [-0.3, -0.25) is 19.2 Å². The fourth-order valence-electron chi connectivity index (χ4n) is 3.84. The van der Waals surface area contributed by atoms with E-state index in [2.05, 4.69) is 6.92 Å². The number of ether oxygens (including phenoxy) is 2. The normalized spacial score (nSPS) is 14.7. The standard InChI is InChI=1S/C26H27N3O4S2/c1-5-6-14-33-20-13-12-18(15-21(20)32-4)16-22-24(30)28(26(34)35-22)23-17(2)27(3)29(25(23)31)19-10-8-7-9-11-19/h7-13,15-16H,5-6,14H2,1-4H3/b22-16-. The molecule has 9 heteroatoms. The number of hydrogen-bond acceptors (Lipinski definition) is 6. The molecular weight excluding hydrogens is 482 g/mol. The molecule has 0 spiro atoms. The van der Waals surface area contributed by atoms with E-state index in [1.54, 1.807) is 31.8 Å². The van der Waals surface area contributed by atoms with Crippen LogP contribution in [-0.2, 0) is 11.8 Å². The zero-order chi connectivity index (χ0) is 25.1. The molecule has 1 fully saturated rings. The molecule has 0 saturated carbocycles. The molecule has 4 rings (SSSR count). The number of amides is 1. The minimum absolute atomic E-state index is 0.263. The molecule has 1 amide bonds. The van der Waals surface area contributed by atoms with Gasteiger partial charge in [0.2, 0.25) is 0 Å². The van der Waals surface area contributed by atoms with Gasteiger partial charge in [0.25, 0.3) is 11.5 Å². The molecule has 35 heavy (non-hydrogen) atoms. The first-order chi connectivity index (χ1) is 16.9. The van der Waals surface area contributed by atoms with Crippen LogP contribution in [0, 0.1) is 6.92 Å². The van der Waals surface area contributed by atoms with E-state index in [9.17, 15) is 9.59 Å². The smallest absolute Gasteiger partial charge is 0.296 e. The van der Waals surface area contributed by atoms with E-state index in [0.29, 0.717) is 38.7 Å². The molecule has 182 valence electrons. The Morgan fingerprint density at radius 2 is 1.83 bits per heavy atom. The third-order valence-corrected chi connectivity index (χ3v) is 7.08. The Morgan fingerprint density at radius 3 is 2.51 bits per heavy atom. The van der Waals surface area contributed by atoms with E-state index in [-0.39, 0.29) is 17.2 Å². The van der Waals surface area contributed by atoms with Crippen LogP contribution in [0.3, 0.4) is 0 Å². The van der Waals surface area contributed by atoms with Crippen LogP contribution in [0.15, 0.2) is 58.2 Å². The lowest BCUT2D eigenvalue weighted by molar-refractivity contribution is -0.113. The predicted molar refractivity (Wildman–Crippen MR) is 145 cm³/mol. The highest BCUT2D eigenvalue weighted by Gasteiger charge is 2.37. The molecule has 0 aliphatic carbocycles. The van der Waals surface area contributed by atoms with Crippen LogP contribution in [0.25, 0.3) is 11.8 Å². The Hall–Kier alpha value is -3.30. The number of methoxy groups -OCH3 is 1. The SMILES string of the molecule is CCCCOc1ccc(/C=C2\SC(=S)N(c3c(C)n(C)n(-c4ccccc4)c3=O)C2=O)cc1OC. The Kier molecular flexibility index (Phi) is 7.47. The second-order valence-electron chi connectivity index (χ2n) is 8.04. The van der Waals surface area contributed by atoms with Gasteiger partial charge in [0.05, 0.1) is 30.0 Å². The summed E-state index contributed by atoms with van der Waals surface area (Å²) in [4.78, 5) is 28.6. The molecule has 1 aromatic heterocycles. The summed E-state index contributed by atoms with van der Waals surface area (Å²) in [6, 6.07) is 14.8. The van der Waals surface area contributed by atoms with Gasteiger partial charge in [-0.1, -0.05) is 61.6 Å². The van der Waals surface area contributed by atoms with Crippen molar-refractivity contribution in [3.63, 3.8) is 0 Å². The second kappa shape index (κ2) is 10.5. The van der Waals surface area contributed by atoms with E-state index in [4.69, 9.17) is 21.7 Å². The lowest BCUT2D eigenvalue weighted by atomic mass is 10.2. The molecule has 0 radical (unpaired) electrons. The van der Waals surface area contributed by atoms with Crippen molar-refractivity contribution in [3.8, 4) is 17.2 Å². The van der Waals surface area contributed by atoms with Gasteiger partial charge in [0.1, 0.15) is 5.69 Å². The van der Waals surface area contributed by atoms with Crippen molar-refractivity contribution >= 4 is 46.0 Å². The maximum Gasteiger partial charge on any atom is 0.296 e. The molecule has 7 nitrogen and oxygen atoms in total. The summed E-state index contributed by atoms with van der Waals surface area (Å²) in [6.07, 6.45) is 3.75. The molecule has 1 aliphatic heterocycles. The van der Waals surface area contributed by atoms with Gasteiger partial charge in [-0.2, -0.15) is 0 Å². The molecular formula is C26H27N3O4S2. The average molecular weight is 510 g/mol. The highest BCUT2D eigenvalue weighted by molar-refractivity contribution is 8.27. The molecule has 2 aromatic carbocycles. The van der Waals surface area contributed by atoms with Gasteiger partial charge >= 0.3 is 0 Å². The summed E-state index contributed by atoms with van der Waals surface area (Å²) < 4.78 is 14.9. The maximum absolute atomic E-state index is 13.4. The number of carbonyl (C=O) groups is 1. The molecule has 0 bridgehead atoms. The molecule has 1 saturated heterocycles. The van der Waals surface area contributed by atoms with Crippen LogP contribution in [0.4, 0.5) is 5.69 Å². The quantitative estimate of drug-likeness (QED) is 0.240. The van der Waals surface area contributed by atoms with Crippen molar-refractivity contribution in [3.05, 3.63) is 75.0 Å². The van der Waals surface area contributed by atoms with Gasteiger partial charge in [-0.25, -0.2) is 4.68 Å². The number of aromatic nitrogens is 2. The number of unbranched alkanes of at least 4 members (excludes halogenated alkanes) is 1. The number of carbonyl (C=O) groups excluding carboxylic acids is 1. The van der Waals surface area contributed by atoms with Crippen molar-refractivity contribution in [1.82, 2.24) is 9.36 Å². The minimum atomic E-state index is -0.326. The fraction of sp³-hybridized carbons (Fsp3) is 0.269. The lowest BCUT2D eigenvalue weighted by Gasteiger charge is -2.12. The number of anilines is 1. The van der Waals surface area contributed by atoms with Gasteiger partial charge in [0.15, 0.2) is 15.8 Å². The number of benzene rings is 2. The van der Waals surface area contributed by atoms with Crippen LogP contribution >= 0.6 is 24.0 Å². The topological polar surface area (TPSA) is 65.7 Å².